The maximum absolute atomic E-state index is 12.0. The third-order valence-corrected chi connectivity index (χ3v) is 3.74. The summed E-state index contributed by atoms with van der Waals surface area (Å²) in [6.45, 7) is 7.08. The van der Waals surface area contributed by atoms with Gasteiger partial charge in [-0.2, -0.15) is 5.10 Å². The van der Waals surface area contributed by atoms with Crippen LogP contribution in [-0.4, -0.2) is 20.7 Å². The number of aromatic nitrogens is 3. The molecule has 1 atom stereocenters. The van der Waals surface area contributed by atoms with Crippen LogP contribution in [0.15, 0.2) is 36.9 Å². The number of hydrogen-bond donors (Lipinski definition) is 1. The van der Waals surface area contributed by atoms with E-state index < -0.39 is 0 Å². The van der Waals surface area contributed by atoms with Gasteiger partial charge in [0.25, 0.3) is 0 Å². The number of carbonyl (C=O) groups excluding carboxylic acids is 1. The third kappa shape index (κ3) is 4.69. The van der Waals surface area contributed by atoms with E-state index in [9.17, 15) is 4.79 Å². The monoisotopic (exact) mass is 300 g/mol. The van der Waals surface area contributed by atoms with Crippen LogP contribution in [-0.2, 0) is 11.3 Å². The van der Waals surface area contributed by atoms with Crippen LogP contribution in [0.3, 0.4) is 0 Å². The van der Waals surface area contributed by atoms with Crippen molar-refractivity contribution < 1.29 is 4.79 Å². The third-order valence-electron chi connectivity index (χ3n) is 3.74. The first-order valence-corrected chi connectivity index (χ1v) is 7.78. The highest BCUT2D eigenvalue weighted by atomic mass is 16.1. The summed E-state index contributed by atoms with van der Waals surface area (Å²) < 4.78 is 1.74. The number of benzene rings is 1. The molecule has 0 aliphatic carbocycles. The molecule has 2 aromatic rings. The highest BCUT2D eigenvalue weighted by Crippen LogP contribution is 2.18. The zero-order chi connectivity index (χ0) is 15.9. The Kier molecular flexibility index (Phi) is 5.69. The average Bonchev–Trinajstić information content (AvgIpc) is 3.00. The zero-order valence-electron chi connectivity index (χ0n) is 13.5. The van der Waals surface area contributed by atoms with Crippen LogP contribution in [0, 0.1) is 0 Å². The van der Waals surface area contributed by atoms with Crippen molar-refractivity contribution in [3.63, 3.8) is 0 Å². The van der Waals surface area contributed by atoms with Gasteiger partial charge in [-0.15, -0.1) is 0 Å². The number of carbonyl (C=O) groups is 1. The molecule has 1 amide bonds. The molecule has 118 valence electrons. The standard InChI is InChI=1S/C17H24N4O/c1-13(2)15-6-8-16(9-7-15)14(3)20-17(22)5-4-10-21-12-18-11-19-21/h6-9,11-14H,4-5,10H2,1-3H3,(H,20,22)/t14-/m1/s1. The number of nitrogens with one attached hydrogen (secondary N) is 1. The van der Waals surface area contributed by atoms with Gasteiger partial charge in [-0.1, -0.05) is 38.1 Å². The van der Waals surface area contributed by atoms with Crippen molar-refractivity contribution in [1.29, 1.82) is 0 Å². The van der Waals surface area contributed by atoms with Crippen LogP contribution in [0.2, 0.25) is 0 Å². The summed E-state index contributed by atoms with van der Waals surface area (Å²) in [6, 6.07) is 8.48. The van der Waals surface area contributed by atoms with Gasteiger partial charge in [-0.3, -0.25) is 9.48 Å². The van der Waals surface area contributed by atoms with Gasteiger partial charge in [0, 0.05) is 13.0 Å². The lowest BCUT2D eigenvalue weighted by Crippen LogP contribution is -2.26. The summed E-state index contributed by atoms with van der Waals surface area (Å²) in [5.41, 5.74) is 2.45. The number of rotatable bonds is 7. The first-order valence-electron chi connectivity index (χ1n) is 7.78. The largest absolute Gasteiger partial charge is 0.350 e. The van der Waals surface area contributed by atoms with Gasteiger partial charge >= 0.3 is 0 Å². The smallest absolute Gasteiger partial charge is 0.220 e. The lowest BCUT2D eigenvalue weighted by Gasteiger charge is -2.15. The molecule has 0 saturated heterocycles. The lowest BCUT2D eigenvalue weighted by molar-refractivity contribution is -0.121. The molecule has 1 heterocycles. The molecule has 5 nitrogen and oxygen atoms in total. The Morgan fingerprint density at radius 1 is 1.18 bits per heavy atom. The zero-order valence-corrected chi connectivity index (χ0v) is 13.5. The Balaban J connectivity index is 1.77. The van der Waals surface area contributed by atoms with Crippen molar-refractivity contribution in [2.45, 2.75) is 52.1 Å². The molecular weight excluding hydrogens is 276 g/mol. The summed E-state index contributed by atoms with van der Waals surface area (Å²) in [7, 11) is 0. The van der Waals surface area contributed by atoms with Gasteiger partial charge in [0.1, 0.15) is 12.7 Å². The van der Waals surface area contributed by atoms with E-state index >= 15 is 0 Å². The molecule has 1 N–H and O–H groups in total. The van der Waals surface area contributed by atoms with Gasteiger partial charge in [-0.25, -0.2) is 4.98 Å². The Labute approximate surface area is 131 Å². The van der Waals surface area contributed by atoms with Crippen LogP contribution in [0.1, 0.15) is 56.7 Å². The highest BCUT2D eigenvalue weighted by molar-refractivity contribution is 5.76. The first-order chi connectivity index (χ1) is 10.6. The van der Waals surface area contributed by atoms with Gasteiger partial charge in [0.2, 0.25) is 5.91 Å². The molecule has 0 spiro atoms. The van der Waals surface area contributed by atoms with Crippen molar-refractivity contribution in [2.75, 3.05) is 0 Å². The molecule has 0 radical (unpaired) electrons. The van der Waals surface area contributed by atoms with Gasteiger partial charge in [0.15, 0.2) is 0 Å². The predicted octanol–water partition coefficient (Wildman–Crippen LogP) is 3.06. The van der Waals surface area contributed by atoms with Crippen LogP contribution in [0.25, 0.3) is 0 Å². The summed E-state index contributed by atoms with van der Waals surface area (Å²) in [6.07, 6.45) is 4.42. The molecule has 0 bridgehead atoms. The summed E-state index contributed by atoms with van der Waals surface area (Å²) in [4.78, 5) is 15.9. The normalized spacial score (nSPS) is 12.4. The number of aryl methyl sites for hydroxylation is 1. The number of nitrogens with zero attached hydrogens (tertiary/aromatic N) is 3. The SMILES string of the molecule is CC(C)c1ccc([C@@H](C)NC(=O)CCCn2cncn2)cc1. The highest BCUT2D eigenvalue weighted by Gasteiger charge is 2.10. The Hall–Kier alpha value is -2.17. The fourth-order valence-electron chi connectivity index (χ4n) is 2.32. The Morgan fingerprint density at radius 2 is 1.86 bits per heavy atom. The van der Waals surface area contributed by atoms with E-state index in [1.165, 1.54) is 11.9 Å². The molecule has 0 aliphatic heterocycles. The average molecular weight is 300 g/mol. The molecule has 22 heavy (non-hydrogen) atoms. The van der Waals surface area contributed by atoms with Crippen LogP contribution >= 0.6 is 0 Å². The molecule has 1 aromatic heterocycles. The quantitative estimate of drug-likeness (QED) is 0.855. The van der Waals surface area contributed by atoms with Crippen LogP contribution < -0.4 is 5.32 Å². The maximum atomic E-state index is 12.0. The molecule has 0 saturated carbocycles. The first kappa shape index (κ1) is 16.2. The minimum absolute atomic E-state index is 0.0279. The van der Waals surface area contributed by atoms with Crippen molar-refractivity contribution in [1.82, 2.24) is 20.1 Å². The molecule has 2 rings (SSSR count). The molecule has 0 fully saturated rings. The van der Waals surface area contributed by atoms with E-state index in [-0.39, 0.29) is 11.9 Å². The molecular formula is C17H24N4O. The summed E-state index contributed by atoms with van der Waals surface area (Å²) >= 11 is 0. The van der Waals surface area contributed by atoms with Gasteiger partial charge < -0.3 is 5.32 Å². The fraction of sp³-hybridized carbons (Fsp3) is 0.471. The van der Waals surface area contributed by atoms with E-state index in [0.29, 0.717) is 18.9 Å². The molecule has 5 heteroatoms. The topological polar surface area (TPSA) is 59.8 Å². The minimum atomic E-state index is 0.0279. The second kappa shape index (κ2) is 7.73. The number of amides is 1. The van der Waals surface area contributed by atoms with Crippen molar-refractivity contribution >= 4 is 5.91 Å². The fourth-order valence-corrected chi connectivity index (χ4v) is 2.32. The van der Waals surface area contributed by atoms with Gasteiger partial charge in [0.05, 0.1) is 6.04 Å². The second-order valence-corrected chi connectivity index (χ2v) is 5.87. The van der Waals surface area contributed by atoms with Crippen molar-refractivity contribution in [3.05, 3.63) is 48.0 Å². The van der Waals surface area contributed by atoms with E-state index in [4.69, 9.17) is 0 Å². The summed E-state index contributed by atoms with van der Waals surface area (Å²) in [5.74, 6) is 0.594. The molecule has 0 unspecified atom stereocenters. The van der Waals surface area contributed by atoms with E-state index in [1.807, 2.05) is 6.92 Å². The Bertz CT molecular complexity index is 575. The second-order valence-electron chi connectivity index (χ2n) is 5.87. The minimum Gasteiger partial charge on any atom is -0.350 e. The summed E-state index contributed by atoms with van der Waals surface area (Å²) in [5, 5.41) is 7.06. The van der Waals surface area contributed by atoms with Crippen LogP contribution in [0.5, 0.6) is 0 Å². The Morgan fingerprint density at radius 3 is 2.45 bits per heavy atom. The molecule has 0 aliphatic rings. The number of hydrogen-bond acceptors (Lipinski definition) is 3. The lowest BCUT2D eigenvalue weighted by atomic mass is 9.99. The van der Waals surface area contributed by atoms with E-state index in [0.717, 1.165) is 12.0 Å². The van der Waals surface area contributed by atoms with Crippen molar-refractivity contribution in [2.24, 2.45) is 0 Å². The van der Waals surface area contributed by atoms with Crippen molar-refractivity contribution in [3.8, 4) is 0 Å². The van der Waals surface area contributed by atoms with E-state index in [2.05, 4.69) is 53.5 Å². The van der Waals surface area contributed by atoms with Crippen LogP contribution in [0.4, 0.5) is 0 Å². The molecule has 1 aromatic carbocycles. The predicted molar refractivity (Wildman–Crippen MR) is 86.3 cm³/mol. The van der Waals surface area contributed by atoms with Gasteiger partial charge in [-0.05, 0) is 30.4 Å². The van der Waals surface area contributed by atoms with E-state index in [1.54, 1.807) is 11.0 Å². The maximum Gasteiger partial charge on any atom is 0.220 e.